The van der Waals surface area contributed by atoms with Crippen LogP contribution in [0.2, 0.25) is 5.02 Å². The Bertz CT molecular complexity index is 1160. The van der Waals surface area contributed by atoms with Gasteiger partial charge in [-0.15, -0.1) is 0 Å². The summed E-state index contributed by atoms with van der Waals surface area (Å²) >= 11 is 6.07. The maximum atomic E-state index is 14.8. The van der Waals surface area contributed by atoms with Gasteiger partial charge in [-0.05, 0) is 18.2 Å². The molecule has 142 valence electrons. The van der Waals surface area contributed by atoms with Crippen LogP contribution in [0.3, 0.4) is 0 Å². The molecule has 3 rings (SSSR count). The molecule has 0 bridgehead atoms. The van der Waals surface area contributed by atoms with Crippen LogP contribution in [0.4, 0.5) is 14.5 Å². The number of benzene rings is 1. The second kappa shape index (κ2) is 6.87. The molecule has 0 fully saturated rings. The zero-order chi connectivity index (χ0) is 19.9. The predicted molar refractivity (Wildman–Crippen MR) is 97.1 cm³/mol. The lowest BCUT2D eigenvalue weighted by atomic mass is 10.0. The molecule has 0 aliphatic rings. The molecule has 27 heavy (non-hydrogen) atoms. The van der Waals surface area contributed by atoms with Crippen LogP contribution in [0.1, 0.15) is 15.9 Å². The summed E-state index contributed by atoms with van der Waals surface area (Å²) < 4.78 is 55.6. The van der Waals surface area contributed by atoms with Gasteiger partial charge in [0.15, 0.2) is 5.82 Å². The van der Waals surface area contributed by atoms with Gasteiger partial charge in [-0.3, -0.25) is 9.52 Å². The number of aromatic nitrogens is 2. The lowest BCUT2D eigenvalue weighted by Gasteiger charge is -2.15. The number of anilines is 1. The summed E-state index contributed by atoms with van der Waals surface area (Å²) in [5.41, 5.74) is -1.28. The Morgan fingerprint density at radius 2 is 1.96 bits per heavy atom. The van der Waals surface area contributed by atoms with Gasteiger partial charge >= 0.3 is 10.2 Å². The molecule has 11 heteroatoms. The minimum absolute atomic E-state index is 0.0893. The van der Waals surface area contributed by atoms with Crippen molar-refractivity contribution in [2.24, 2.45) is 0 Å². The highest BCUT2D eigenvalue weighted by Gasteiger charge is 2.26. The van der Waals surface area contributed by atoms with Gasteiger partial charge in [0.1, 0.15) is 11.5 Å². The summed E-state index contributed by atoms with van der Waals surface area (Å²) in [5.74, 6) is -3.48. The quantitative estimate of drug-likeness (QED) is 0.627. The van der Waals surface area contributed by atoms with E-state index in [9.17, 15) is 22.0 Å². The molecule has 0 saturated carbocycles. The first kappa shape index (κ1) is 19.2. The molecule has 2 heterocycles. The van der Waals surface area contributed by atoms with Crippen molar-refractivity contribution >= 4 is 44.3 Å². The molecule has 0 aliphatic heterocycles. The van der Waals surface area contributed by atoms with Crippen molar-refractivity contribution in [1.82, 2.24) is 14.3 Å². The zero-order valence-corrected chi connectivity index (χ0v) is 15.6. The molecular weight excluding hydrogens is 402 g/mol. The summed E-state index contributed by atoms with van der Waals surface area (Å²) in [6.07, 6.45) is 2.65. The number of carbonyl (C=O) groups excluding carboxylic acids is 1. The molecule has 0 amide bonds. The highest BCUT2D eigenvalue weighted by molar-refractivity contribution is 7.90. The fourth-order valence-corrected chi connectivity index (χ4v) is 3.27. The van der Waals surface area contributed by atoms with Crippen molar-refractivity contribution in [2.45, 2.75) is 0 Å². The Balaban J connectivity index is 2.14. The summed E-state index contributed by atoms with van der Waals surface area (Å²) in [5, 5.41) is 0.386. The zero-order valence-electron chi connectivity index (χ0n) is 14.0. The van der Waals surface area contributed by atoms with Gasteiger partial charge in [0.05, 0.1) is 21.8 Å². The van der Waals surface area contributed by atoms with Crippen molar-refractivity contribution in [3.8, 4) is 0 Å². The van der Waals surface area contributed by atoms with Gasteiger partial charge in [0.25, 0.3) is 0 Å². The Kier molecular flexibility index (Phi) is 4.89. The topological polar surface area (TPSA) is 95.2 Å². The number of fused-ring (bicyclic) bond motifs is 1. The molecular formula is C16H13ClF2N4O3S. The van der Waals surface area contributed by atoms with Crippen molar-refractivity contribution in [2.75, 3.05) is 18.8 Å². The molecule has 3 aromatic rings. The third-order valence-electron chi connectivity index (χ3n) is 3.81. The second-order valence-corrected chi connectivity index (χ2v) is 8.01. The van der Waals surface area contributed by atoms with Crippen LogP contribution in [-0.2, 0) is 10.2 Å². The van der Waals surface area contributed by atoms with Crippen LogP contribution in [0.5, 0.6) is 0 Å². The van der Waals surface area contributed by atoms with Crippen LogP contribution >= 0.6 is 11.6 Å². The number of pyridine rings is 1. The third-order valence-corrected chi connectivity index (χ3v) is 5.56. The van der Waals surface area contributed by atoms with E-state index in [1.54, 1.807) is 0 Å². The fourth-order valence-electron chi connectivity index (χ4n) is 2.40. The minimum atomic E-state index is -4.05. The number of nitrogens with zero attached hydrogens (tertiary/aromatic N) is 2. The fraction of sp³-hybridized carbons (Fsp3) is 0.125. The lowest BCUT2D eigenvalue weighted by molar-refractivity contribution is 0.103. The van der Waals surface area contributed by atoms with E-state index >= 15 is 0 Å². The minimum Gasteiger partial charge on any atom is -0.345 e. The van der Waals surface area contributed by atoms with E-state index in [0.29, 0.717) is 0 Å². The Hall–Kier alpha value is -2.56. The van der Waals surface area contributed by atoms with Gasteiger partial charge in [0.2, 0.25) is 5.78 Å². The van der Waals surface area contributed by atoms with E-state index in [1.165, 1.54) is 32.6 Å². The Morgan fingerprint density at radius 1 is 1.26 bits per heavy atom. The van der Waals surface area contributed by atoms with Gasteiger partial charge in [-0.2, -0.15) is 12.7 Å². The van der Waals surface area contributed by atoms with Gasteiger partial charge in [-0.25, -0.2) is 13.8 Å². The van der Waals surface area contributed by atoms with E-state index in [2.05, 4.69) is 9.97 Å². The van der Waals surface area contributed by atoms with Crippen LogP contribution in [-0.4, -0.2) is 42.6 Å². The molecule has 0 radical (unpaired) electrons. The van der Waals surface area contributed by atoms with E-state index < -0.39 is 38.9 Å². The highest BCUT2D eigenvalue weighted by Crippen LogP contribution is 2.30. The van der Waals surface area contributed by atoms with Crippen LogP contribution in [0.25, 0.3) is 11.0 Å². The third kappa shape index (κ3) is 3.38. The number of hydrogen-bond acceptors (Lipinski definition) is 4. The highest BCUT2D eigenvalue weighted by atomic mass is 35.5. The monoisotopic (exact) mass is 414 g/mol. The van der Waals surface area contributed by atoms with Gasteiger partial charge < -0.3 is 4.98 Å². The molecule has 7 nitrogen and oxygen atoms in total. The Labute approximate surface area is 158 Å². The summed E-state index contributed by atoms with van der Waals surface area (Å²) in [4.78, 5) is 19.5. The van der Waals surface area contributed by atoms with E-state index in [1.807, 2.05) is 4.72 Å². The van der Waals surface area contributed by atoms with Gasteiger partial charge in [-0.1, -0.05) is 11.6 Å². The first-order valence-electron chi connectivity index (χ1n) is 7.48. The van der Waals surface area contributed by atoms with E-state index in [-0.39, 0.29) is 21.6 Å². The van der Waals surface area contributed by atoms with Crippen molar-refractivity contribution in [1.29, 1.82) is 0 Å². The summed E-state index contributed by atoms with van der Waals surface area (Å²) in [6.45, 7) is 0. The first-order valence-corrected chi connectivity index (χ1v) is 9.30. The number of hydrogen-bond donors (Lipinski definition) is 2. The van der Waals surface area contributed by atoms with Crippen molar-refractivity contribution < 1.29 is 22.0 Å². The van der Waals surface area contributed by atoms with Gasteiger partial charge in [0, 0.05) is 31.9 Å². The van der Waals surface area contributed by atoms with Crippen LogP contribution < -0.4 is 4.72 Å². The summed E-state index contributed by atoms with van der Waals surface area (Å²) in [7, 11) is -1.59. The number of halogens is 3. The largest absolute Gasteiger partial charge is 0.345 e. The number of ketones is 1. The van der Waals surface area contributed by atoms with Crippen molar-refractivity contribution in [3.63, 3.8) is 0 Å². The van der Waals surface area contributed by atoms with E-state index in [4.69, 9.17) is 11.6 Å². The average molecular weight is 415 g/mol. The average Bonchev–Trinajstić information content (AvgIpc) is 3.03. The SMILES string of the molecule is CN(C)S(=O)(=O)Nc1ccc(F)c(C(=O)c2c[nH]c3nccc(Cl)c23)c1F. The molecule has 1 aromatic carbocycles. The van der Waals surface area contributed by atoms with Crippen LogP contribution in [0.15, 0.2) is 30.6 Å². The molecule has 0 atom stereocenters. The summed E-state index contributed by atoms with van der Waals surface area (Å²) in [6, 6.07) is 3.13. The number of carbonyl (C=O) groups is 1. The molecule has 0 unspecified atom stereocenters. The first-order chi connectivity index (χ1) is 12.6. The molecule has 0 aliphatic carbocycles. The number of aromatic amines is 1. The van der Waals surface area contributed by atoms with E-state index in [0.717, 1.165) is 16.4 Å². The molecule has 2 N–H and O–H groups in total. The predicted octanol–water partition coefficient (Wildman–Crippen LogP) is 2.94. The molecule has 0 saturated heterocycles. The maximum Gasteiger partial charge on any atom is 0.301 e. The normalized spacial score (nSPS) is 11.9. The number of rotatable bonds is 5. The standard InChI is InChI=1S/C16H13ClF2N4O3S/c1-23(2)27(25,26)22-11-4-3-10(18)13(14(11)19)15(24)8-7-21-16-12(8)9(17)5-6-20-16/h3-7,22H,1-2H3,(H,20,21). The smallest absolute Gasteiger partial charge is 0.301 e. The lowest BCUT2D eigenvalue weighted by Crippen LogP contribution is -2.29. The molecule has 2 aromatic heterocycles. The molecule has 0 spiro atoms. The van der Waals surface area contributed by atoms with Crippen LogP contribution in [0, 0.1) is 11.6 Å². The second-order valence-electron chi connectivity index (χ2n) is 5.72. The Morgan fingerprint density at radius 3 is 2.63 bits per heavy atom. The maximum absolute atomic E-state index is 14.8. The number of H-pyrrole nitrogens is 1. The van der Waals surface area contributed by atoms with Crippen molar-refractivity contribution in [3.05, 3.63) is 58.4 Å². The number of nitrogens with one attached hydrogen (secondary N) is 2.